The fourth-order valence-corrected chi connectivity index (χ4v) is 2.09. The summed E-state index contributed by atoms with van der Waals surface area (Å²) in [5.74, 6) is 0.384. The number of carbonyl (C=O) groups is 1. The van der Waals surface area contributed by atoms with Crippen LogP contribution in [0, 0.1) is 0 Å². The molecule has 2 rings (SSSR count). The molecule has 0 bridgehead atoms. The van der Waals surface area contributed by atoms with Crippen molar-refractivity contribution in [3.8, 4) is 5.75 Å². The van der Waals surface area contributed by atoms with Crippen LogP contribution in [-0.2, 0) is 11.2 Å². The van der Waals surface area contributed by atoms with E-state index in [4.69, 9.17) is 4.74 Å². The van der Waals surface area contributed by atoms with E-state index in [-0.39, 0.29) is 12.5 Å². The topological polar surface area (TPSA) is 50.7 Å². The largest absolute Gasteiger partial charge is 0.484 e. The molecule has 2 aromatic carbocycles. The molecule has 0 saturated heterocycles. The summed E-state index contributed by atoms with van der Waals surface area (Å²) in [5.41, 5.74) is 4.77. The molecule has 4 nitrogen and oxygen atoms in total. The van der Waals surface area contributed by atoms with E-state index in [9.17, 15) is 4.79 Å². The van der Waals surface area contributed by atoms with Gasteiger partial charge in [0.1, 0.15) is 5.75 Å². The van der Waals surface area contributed by atoms with Crippen LogP contribution in [0.1, 0.15) is 24.5 Å². The number of amides is 1. The predicted molar refractivity (Wildman–Crippen MR) is 98.0 cm³/mol. The number of hydrogen-bond donors (Lipinski definition) is 1. The zero-order chi connectivity index (χ0) is 17.0. The highest BCUT2D eigenvalue weighted by atomic mass is 16.5. The minimum Gasteiger partial charge on any atom is -0.484 e. The Morgan fingerprint density at radius 3 is 2.58 bits per heavy atom. The van der Waals surface area contributed by atoms with Crippen molar-refractivity contribution in [3.05, 3.63) is 71.8 Å². The number of nitrogens with one attached hydrogen (secondary N) is 1. The SMILES string of the molecule is CCCc1ccc(OCC(=O)N/N=C/C=C/c2ccccc2)cc1. The maximum atomic E-state index is 11.6. The van der Waals surface area contributed by atoms with Gasteiger partial charge < -0.3 is 4.74 Å². The lowest BCUT2D eigenvalue weighted by Crippen LogP contribution is -2.24. The number of allylic oxidation sites excluding steroid dienone is 1. The molecule has 0 heterocycles. The lowest BCUT2D eigenvalue weighted by molar-refractivity contribution is -0.123. The van der Waals surface area contributed by atoms with Gasteiger partial charge in [-0.05, 0) is 35.8 Å². The third-order valence-electron chi connectivity index (χ3n) is 3.27. The zero-order valence-corrected chi connectivity index (χ0v) is 13.8. The highest BCUT2D eigenvalue weighted by Crippen LogP contribution is 2.13. The Bertz CT molecular complexity index is 677. The molecule has 24 heavy (non-hydrogen) atoms. The van der Waals surface area contributed by atoms with Gasteiger partial charge in [0.25, 0.3) is 5.91 Å². The van der Waals surface area contributed by atoms with E-state index >= 15 is 0 Å². The normalized spacial score (nSPS) is 11.0. The minimum atomic E-state index is -0.294. The van der Waals surface area contributed by atoms with Crippen molar-refractivity contribution in [2.24, 2.45) is 5.10 Å². The highest BCUT2D eigenvalue weighted by molar-refractivity contribution is 5.81. The van der Waals surface area contributed by atoms with Crippen LogP contribution in [0.3, 0.4) is 0 Å². The molecule has 0 spiro atoms. The Morgan fingerprint density at radius 1 is 1.12 bits per heavy atom. The fraction of sp³-hybridized carbons (Fsp3) is 0.200. The Kier molecular flexibility index (Phi) is 7.28. The maximum Gasteiger partial charge on any atom is 0.277 e. The molecular formula is C20H22N2O2. The first-order valence-corrected chi connectivity index (χ1v) is 8.03. The van der Waals surface area contributed by atoms with Gasteiger partial charge in [-0.15, -0.1) is 0 Å². The van der Waals surface area contributed by atoms with Crippen LogP contribution in [0.5, 0.6) is 5.75 Å². The number of aryl methyl sites for hydroxylation is 1. The summed E-state index contributed by atoms with van der Waals surface area (Å²) in [5, 5.41) is 3.85. The fourth-order valence-electron chi connectivity index (χ4n) is 2.09. The quantitative estimate of drug-likeness (QED) is 0.593. The summed E-state index contributed by atoms with van der Waals surface area (Å²) in [7, 11) is 0. The highest BCUT2D eigenvalue weighted by Gasteiger charge is 2.01. The van der Waals surface area contributed by atoms with Crippen LogP contribution >= 0.6 is 0 Å². The summed E-state index contributed by atoms with van der Waals surface area (Å²) in [6.07, 6.45) is 7.36. The van der Waals surface area contributed by atoms with E-state index < -0.39 is 0 Å². The average Bonchev–Trinajstić information content (AvgIpc) is 2.62. The van der Waals surface area contributed by atoms with E-state index in [0.717, 1.165) is 18.4 Å². The Balaban J connectivity index is 1.69. The number of nitrogens with zero attached hydrogens (tertiary/aromatic N) is 1. The van der Waals surface area contributed by atoms with Gasteiger partial charge in [0, 0.05) is 6.21 Å². The summed E-state index contributed by atoms with van der Waals surface area (Å²) in [4.78, 5) is 11.6. The van der Waals surface area contributed by atoms with Gasteiger partial charge in [-0.25, -0.2) is 5.43 Å². The molecule has 0 unspecified atom stereocenters. The number of hydrazone groups is 1. The Labute approximate surface area is 142 Å². The number of ether oxygens (including phenoxy) is 1. The summed E-state index contributed by atoms with van der Waals surface area (Å²) >= 11 is 0. The van der Waals surface area contributed by atoms with E-state index in [1.165, 1.54) is 11.8 Å². The molecule has 124 valence electrons. The second-order valence-corrected chi connectivity index (χ2v) is 5.27. The molecule has 4 heteroatoms. The first-order valence-electron chi connectivity index (χ1n) is 8.03. The van der Waals surface area contributed by atoms with E-state index in [1.807, 2.05) is 60.7 Å². The molecule has 0 aromatic heterocycles. The lowest BCUT2D eigenvalue weighted by Gasteiger charge is -2.05. The Hall–Kier alpha value is -2.88. The van der Waals surface area contributed by atoms with Gasteiger partial charge in [-0.3, -0.25) is 4.79 Å². The van der Waals surface area contributed by atoms with E-state index in [1.54, 1.807) is 6.08 Å². The van der Waals surface area contributed by atoms with Crippen LogP contribution in [0.2, 0.25) is 0 Å². The number of benzene rings is 2. The summed E-state index contributed by atoms with van der Waals surface area (Å²) < 4.78 is 5.42. The number of rotatable bonds is 8. The molecule has 1 amide bonds. The van der Waals surface area contributed by atoms with Gasteiger partial charge >= 0.3 is 0 Å². The van der Waals surface area contributed by atoms with Crippen molar-refractivity contribution in [3.63, 3.8) is 0 Å². The summed E-state index contributed by atoms with van der Waals surface area (Å²) in [6.45, 7) is 2.08. The maximum absolute atomic E-state index is 11.6. The van der Waals surface area contributed by atoms with Gasteiger partial charge in [-0.1, -0.05) is 61.9 Å². The number of carbonyl (C=O) groups excluding carboxylic acids is 1. The van der Waals surface area contributed by atoms with Crippen molar-refractivity contribution in [2.45, 2.75) is 19.8 Å². The van der Waals surface area contributed by atoms with Crippen LogP contribution in [0.4, 0.5) is 0 Å². The van der Waals surface area contributed by atoms with Crippen LogP contribution in [0.15, 0.2) is 65.8 Å². The number of hydrogen-bond acceptors (Lipinski definition) is 3. The molecule has 2 aromatic rings. The zero-order valence-electron chi connectivity index (χ0n) is 13.8. The molecule has 0 aliphatic carbocycles. The lowest BCUT2D eigenvalue weighted by atomic mass is 10.1. The standard InChI is InChI=1S/C20H22N2O2/c1-2-7-17-11-13-19(14-12-17)24-16-20(23)22-21-15-6-10-18-8-4-3-5-9-18/h3-6,8-15H,2,7,16H2,1H3,(H,22,23)/b10-6+,21-15+. The Morgan fingerprint density at radius 2 is 1.88 bits per heavy atom. The third kappa shape index (κ3) is 6.48. The van der Waals surface area contributed by atoms with Crippen LogP contribution < -0.4 is 10.2 Å². The van der Waals surface area contributed by atoms with Crippen LogP contribution in [-0.4, -0.2) is 18.7 Å². The molecule has 0 fully saturated rings. The molecule has 1 N–H and O–H groups in total. The first kappa shape index (κ1) is 17.5. The van der Waals surface area contributed by atoms with Crippen molar-refractivity contribution in [1.82, 2.24) is 5.43 Å². The van der Waals surface area contributed by atoms with Crippen molar-refractivity contribution in [1.29, 1.82) is 0 Å². The molecular weight excluding hydrogens is 300 g/mol. The molecule has 0 atom stereocenters. The van der Waals surface area contributed by atoms with E-state index in [2.05, 4.69) is 17.5 Å². The molecule has 0 aliphatic heterocycles. The molecule has 0 aliphatic rings. The van der Waals surface area contributed by atoms with Crippen molar-refractivity contribution >= 4 is 18.2 Å². The van der Waals surface area contributed by atoms with Gasteiger partial charge in [-0.2, -0.15) is 5.10 Å². The van der Waals surface area contributed by atoms with Crippen molar-refractivity contribution in [2.75, 3.05) is 6.61 Å². The third-order valence-corrected chi connectivity index (χ3v) is 3.27. The first-order chi connectivity index (χ1) is 11.8. The van der Waals surface area contributed by atoms with Gasteiger partial charge in [0.2, 0.25) is 0 Å². The van der Waals surface area contributed by atoms with E-state index in [0.29, 0.717) is 5.75 Å². The predicted octanol–water partition coefficient (Wildman–Crippen LogP) is 3.83. The molecule has 0 saturated carbocycles. The average molecular weight is 322 g/mol. The van der Waals surface area contributed by atoms with Crippen LogP contribution in [0.25, 0.3) is 6.08 Å². The second kappa shape index (κ2) is 10.0. The van der Waals surface area contributed by atoms with Gasteiger partial charge in [0.05, 0.1) is 0 Å². The van der Waals surface area contributed by atoms with Gasteiger partial charge in [0.15, 0.2) is 6.61 Å². The smallest absolute Gasteiger partial charge is 0.277 e. The minimum absolute atomic E-state index is 0.0626. The van der Waals surface area contributed by atoms with Crippen molar-refractivity contribution < 1.29 is 9.53 Å². The molecule has 0 radical (unpaired) electrons. The monoisotopic (exact) mass is 322 g/mol. The summed E-state index contributed by atoms with van der Waals surface area (Å²) in [6, 6.07) is 17.7. The second-order valence-electron chi connectivity index (χ2n) is 5.27.